The van der Waals surface area contributed by atoms with E-state index >= 15 is 0 Å². The first-order chi connectivity index (χ1) is 11.2. The summed E-state index contributed by atoms with van der Waals surface area (Å²) in [5.74, 6) is 1.11. The number of amides is 2. The highest BCUT2D eigenvalue weighted by molar-refractivity contribution is 5.83. The number of nitrogens with zero attached hydrogens (tertiary/aromatic N) is 1. The van der Waals surface area contributed by atoms with Crippen LogP contribution in [0.3, 0.4) is 0 Å². The van der Waals surface area contributed by atoms with Crippen molar-refractivity contribution < 1.29 is 14.3 Å². The molecule has 1 aliphatic carbocycles. The molecule has 0 radical (unpaired) electrons. The van der Waals surface area contributed by atoms with Crippen LogP contribution in [0.15, 0.2) is 24.3 Å². The van der Waals surface area contributed by atoms with Crippen molar-refractivity contribution in [2.75, 3.05) is 13.1 Å². The third-order valence-corrected chi connectivity index (χ3v) is 5.02. The van der Waals surface area contributed by atoms with Gasteiger partial charge in [-0.3, -0.25) is 9.59 Å². The monoisotopic (exact) mass is 314 g/mol. The molecule has 1 N–H and O–H groups in total. The Morgan fingerprint density at radius 3 is 2.52 bits per heavy atom. The molecule has 2 aliphatic heterocycles. The molecule has 5 nitrogen and oxygen atoms in total. The van der Waals surface area contributed by atoms with Crippen molar-refractivity contribution in [3.8, 4) is 5.75 Å². The van der Waals surface area contributed by atoms with Gasteiger partial charge in [0.1, 0.15) is 5.75 Å². The van der Waals surface area contributed by atoms with E-state index in [1.165, 1.54) is 0 Å². The van der Waals surface area contributed by atoms with Crippen LogP contribution in [-0.4, -0.2) is 41.9 Å². The Morgan fingerprint density at radius 2 is 1.83 bits per heavy atom. The number of carbonyl (C=O) groups is 2. The van der Waals surface area contributed by atoms with Crippen LogP contribution in [0.1, 0.15) is 31.2 Å². The number of para-hydroxylation sites is 1. The Balaban J connectivity index is 1.30. The number of piperidine rings is 1. The van der Waals surface area contributed by atoms with Crippen molar-refractivity contribution in [3.05, 3.63) is 29.8 Å². The molecule has 0 bridgehead atoms. The Bertz CT molecular complexity index is 593. The van der Waals surface area contributed by atoms with Gasteiger partial charge in [0, 0.05) is 31.5 Å². The number of hydrogen-bond donors (Lipinski definition) is 1. The first-order valence-corrected chi connectivity index (χ1v) is 8.54. The van der Waals surface area contributed by atoms with Gasteiger partial charge >= 0.3 is 0 Å². The average Bonchev–Trinajstić information content (AvgIpc) is 3.29. The van der Waals surface area contributed by atoms with Gasteiger partial charge in [-0.05, 0) is 37.3 Å². The van der Waals surface area contributed by atoms with E-state index in [2.05, 4.69) is 5.32 Å². The first kappa shape index (κ1) is 14.5. The van der Waals surface area contributed by atoms with E-state index < -0.39 is 6.10 Å². The van der Waals surface area contributed by atoms with E-state index in [1.54, 1.807) is 0 Å². The fraction of sp³-hybridized carbons (Fsp3) is 0.556. The molecule has 1 saturated carbocycles. The van der Waals surface area contributed by atoms with Gasteiger partial charge in [0.05, 0.1) is 0 Å². The van der Waals surface area contributed by atoms with E-state index in [1.807, 2.05) is 29.2 Å². The molecule has 4 rings (SSSR count). The SMILES string of the molecule is O=C(NC1CC1)C1CCN(C(=O)[C@H]2Cc3ccccc3O2)CC1. The van der Waals surface area contributed by atoms with E-state index in [0.717, 1.165) is 37.0 Å². The molecule has 0 unspecified atom stereocenters. The smallest absolute Gasteiger partial charge is 0.263 e. The molecule has 2 heterocycles. The minimum atomic E-state index is -0.399. The Hall–Kier alpha value is -2.04. The third-order valence-electron chi connectivity index (χ3n) is 5.02. The predicted octanol–water partition coefficient (Wildman–Crippen LogP) is 1.51. The maximum atomic E-state index is 12.6. The molecule has 1 saturated heterocycles. The molecule has 5 heteroatoms. The van der Waals surface area contributed by atoms with Crippen LogP contribution < -0.4 is 10.1 Å². The van der Waals surface area contributed by atoms with E-state index in [9.17, 15) is 9.59 Å². The standard InChI is InChI=1S/C18H22N2O3/c21-17(19-14-5-6-14)12-7-9-20(10-8-12)18(22)16-11-13-3-1-2-4-15(13)23-16/h1-4,12,14,16H,5-11H2,(H,19,21)/t16-/m1/s1. The highest BCUT2D eigenvalue weighted by atomic mass is 16.5. The van der Waals surface area contributed by atoms with E-state index in [4.69, 9.17) is 4.74 Å². The minimum Gasteiger partial charge on any atom is -0.480 e. The summed E-state index contributed by atoms with van der Waals surface area (Å²) in [6.07, 6.45) is 3.99. The number of nitrogens with one attached hydrogen (secondary N) is 1. The van der Waals surface area contributed by atoms with Crippen molar-refractivity contribution >= 4 is 11.8 Å². The largest absolute Gasteiger partial charge is 0.480 e. The van der Waals surface area contributed by atoms with E-state index in [0.29, 0.717) is 25.6 Å². The van der Waals surface area contributed by atoms with Gasteiger partial charge in [0.25, 0.3) is 5.91 Å². The maximum absolute atomic E-state index is 12.6. The Morgan fingerprint density at radius 1 is 1.09 bits per heavy atom. The molecule has 0 spiro atoms. The normalized spacial score (nSPS) is 24.0. The summed E-state index contributed by atoms with van der Waals surface area (Å²) < 4.78 is 5.79. The Kier molecular flexibility index (Phi) is 3.71. The first-order valence-electron chi connectivity index (χ1n) is 8.54. The van der Waals surface area contributed by atoms with Crippen molar-refractivity contribution in [3.63, 3.8) is 0 Å². The summed E-state index contributed by atoms with van der Waals surface area (Å²) in [5.41, 5.74) is 1.10. The quantitative estimate of drug-likeness (QED) is 0.920. The highest BCUT2D eigenvalue weighted by Crippen LogP contribution is 2.30. The van der Waals surface area contributed by atoms with Crippen molar-refractivity contribution in [2.45, 2.75) is 44.2 Å². The summed E-state index contributed by atoms with van der Waals surface area (Å²) in [6.45, 7) is 1.30. The highest BCUT2D eigenvalue weighted by Gasteiger charge is 2.36. The van der Waals surface area contributed by atoms with Crippen LogP contribution in [-0.2, 0) is 16.0 Å². The lowest BCUT2D eigenvalue weighted by Gasteiger charge is -2.32. The van der Waals surface area contributed by atoms with Crippen LogP contribution in [0.4, 0.5) is 0 Å². The van der Waals surface area contributed by atoms with Crippen LogP contribution in [0.2, 0.25) is 0 Å². The molecule has 0 aromatic heterocycles. The zero-order chi connectivity index (χ0) is 15.8. The van der Waals surface area contributed by atoms with Gasteiger partial charge < -0.3 is 15.0 Å². The topological polar surface area (TPSA) is 58.6 Å². The second-order valence-corrected chi connectivity index (χ2v) is 6.80. The Labute approximate surface area is 136 Å². The third kappa shape index (κ3) is 3.05. The lowest BCUT2D eigenvalue weighted by molar-refractivity contribution is -0.141. The fourth-order valence-electron chi connectivity index (χ4n) is 3.43. The second-order valence-electron chi connectivity index (χ2n) is 6.80. The predicted molar refractivity (Wildman–Crippen MR) is 85.0 cm³/mol. The van der Waals surface area contributed by atoms with Crippen LogP contribution in [0.5, 0.6) is 5.75 Å². The number of hydrogen-bond acceptors (Lipinski definition) is 3. The number of rotatable bonds is 3. The van der Waals surface area contributed by atoms with Gasteiger partial charge in [-0.25, -0.2) is 0 Å². The molecule has 1 atom stereocenters. The molecule has 2 amide bonds. The summed E-state index contributed by atoms with van der Waals surface area (Å²) in [4.78, 5) is 26.6. The minimum absolute atomic E-state index is 0.0568. The van der Waals surface area contributed by atoms with Crippen LogP contribution in [0, 0.1) is 5.92 Å². The number of fused-ring (bicyclic) bond motifs is 1. The summed E-state index contributed by atoms with van der Waals surface area (Å²) in [7, 11) is 0. The maximum Gasteiger partial charge on any atom is 0.263 e. The zero-order valence-corrected chi connectivity index (χ0v) is 13.2. The van der Waals surface area contributed by atoms with Gasteiger partial charge in [-0.1, -0.05) is 18.2 Å². The van der Waals surface area contributed by atoms with Gasteiger partial charge in [0.2, 0.25) is 5.91 Å². The molecule has 122 valence electrons. The molecular weight excluding hydrogens is 292 g/mol. The average molecular weight is 314 g/mol. The number of ether oxygens (including phenoxy) is 1. The molecular formula is C18H22N2O3. The molecule has 23 heavy (non-hydrogen) atoms. The molecule has 1 aromatic carbocycles. The lowest BCUT2D eigenvalue weighted by atomic mass is 9.95. The molecule has 3 aliphatic rings. The number of carbonyl (C=O) groups excluding carboxylic acids is 2. The summed E-state index contributed by atoms with van der Waals surface area (Å²) in [6, 6.07) is 8.23. The van der Waals surface area contributed by atoms with Crippen molar-refractivity contribution in [1.82, 2.24) is 10.2 Å². The number of likely N-dealkylation sites (tertiary alicyclic amines) is 1. The number of benzene rings is 1. The van der Waals surface area contributed by atoms with Crippen LogP contribution >= 0.6 is 0 Å². The lowest BCUT2D eigenvalue weighted by Crippen LogP contribution is -2.47. The molecule has 1 aromatic rings. The van der Waals surface area contributed by atoms with Gasteiger partial charge in [-0.15, -0.1) is 0 Å². The van der Waals surface area contributed by atoms with Gasteiger partial charge in [-0.2, -0.15) is 0 Å². The van der Waals surface area contributed by atoms with Crippen LogP contribution in [0.25, 0.3) is 0 Å². The summed E-state index contributed by atoms with van der Waals surface area (Å²) in [5, 5.41) is 3.07. The molecule has 2 fully saturated rings. The van der Waals surface area contributed by atoms with Crippen molar-refractivity contribution in [1.29, 1.82) is 0 Å². The van der Waals surface area contributed by atoms with E-state index in [-0.39, 0.29) is 17.7 Å². The van der Waals surface area contributed by atoms with Crippen molar-refractivity contribution in [2.24, 2.45) is 5.92 Å². The second kappa shape index (κ2) is 5.87. The summed E-state index contributed by atoms with van der Waals surface area (Å²) >= 11 is 0. The fourth-order valence-corrected chi connectivity index (χ4v) is 3.43. The van der Waals surface area contributed by atoms with Gasteiger partial charge in [0.15, 0.2) is 6.10 Å². The zero-order valence-electron chi connectivity index (χ0n) is 13.2.